The molecule has 1 aliphatic rings. The Morgan fingerprint density at radius 2 is 0.866 bits per heavy atom. The lowest BCUT2D eigenvalue weighted by atomic mass is 9.85. The minimum absolute atomic E-state index is 0.0493. The molecule has 0 amide bonds. The van der Waals surface area contributed by atoms with E-state index in [0.29, 0.717) is 25.7 Å². The van der Waals surface area contributed by atoms with Gasteiger partial charge in [-0.1, -0.05) is 153 Å². The molecule has 0 bridgehead atoms. The quantitative estimate of drug-likeness (QED) is 0.0123. The molecular formula is C45H83O19P3. The third kappa shape index (κ3) is 33.6. The molecule has 0 aromatic rings. The van der Waals surface area contributed by atoms with Gasteiger partial charge in [-0.3, -0.25) is 27.7 Å². The van der Waals surface area contributed by atoms with Crippen molar-refractivity contribution in [3.05, 3.63) is 36.5 Å². The minimum atomic E-state index is -5.60. The van der Waals surface area contributed by atoms with E-state index in [9.17, 15) is 63.1 Å². The van der Waals surface area contributed by atoms with Crippen LogP contribution in [0.2, 0.25) is 0 Å². The number of allylic oxidation sites excluding steroid dienone is 6. The molecular weight excluding hydrogens is 937 g/mol. The summed E-state index contributed by atoms with van der Waals surface area (Å²) in [5.41, 5.74) is 0. The zero-order valence-electron chi connectivity index (χ0n) is 39.7. The molecule has 1 rings (SSSR count). The van der Waals surface area contributed by atoms with Crippen molar-refractivity contribution < 1.29 is 90.6 Å². The van der Waals surface area contributed by atoms with Crippen LogP contribution < -0.4 is 0 Å². The monoisotopic (exact) mass is 1020 g/mol. The van der Waals surface area contributed by atoms with E-state index in [2.05, 4.69) is 47.2 Å². The van der Waals surface area contributed by atoms with E-state index < -0.39 is 91.3 Å². The van der Waals surface area contributed by atoms with E-state index in [0.717, 1.165) is 44.9 Å². The van der Waals surface area contributed by atoms with Gasteiger partial charge in [-0.15, -0.1) is 0 Å². The van der Waals surface area contributed by atoms with Crippen LogP contribution in [0.1, 0.15) is 181 Å². The molecule has 0 aromatic carbocycles. The second kappa shape index (κ2) is 37.2. The summed E-state index contributed by atoms with van der Waals surface area (Å²) in [5, 5.41) is 31.9. The highest BCUT2D eigenvalue weighted by atomic mass is 31.2. The Kier molecular flexibility index (Phi) is 35.2. The summed E-state index contributed by atoms with van der Waals surface area (Å²) in [6.07, 6.45) is 21.7. The van der Waals surface area contributed by atoms with Gasteiger partial charge in [0, 0.05) is 12.8 Å². The molecule has 8 N–H and O–H groups in total. The van der Waals surface area contributed by atoms with Crippen molar-refractivity contribution in [2.75, 3.05) is 13.2 Å². The summed E-state index contributed by atoms with van der Waals surface area (Å²) in [7, 11) is -16.6. The number of aliphatic hydroxyl groups excluding tert-OH is 3. The van der Waals surface area contributed by atoms with Gasteiger partial charge in [-0.2, -0.15) is 0 Å². The van der Waals surface area contributed by atoms with Gasteiger partial charge in [0.2, 0.25) is 0 Å². The van der Waals surface area contributed by atoms with Crippen LogP contribution in [0.25, 0.3) is 0 Å². The Bertz CT molecular complexity index is 1550. The molecule has 0 saturated heterocycles. The maximum atomic E-state index is 13.1. The van der Waals surface area contributed by atoms with Crippen LogP contribution in [-0.4, -0.2) is 108 Å². The smallest absolute Gasteiger partial charge is 0.462 e. The van der Waals surface area contributed by atoms with Gasteiger partial charge in [0.15, 0.2) is 6.10 Å². The molecule has 8 atom stereocenters. The van der Waals surface area contributed by atoms with Crippen LogP contribution in [-0.2, 0) is 50.9 Å². The predicted molar refractivity (Wildman–Crippen MR) is 252 cm³/mol. The maximum Gasteiger partial charge on any atom is 0.472 e. The fourth-order valence-corrected chi connectivity index (χ4v) is 9.39. The summed E-state index contributed by atoms with van der Waals surface area (Å²) in [4.78, 5) is 73.2. The Hall–Kier alpha value is -1.63. The summed E-state index contributed by atoms with van der Waals surface area (Å²) < 4.78 is 65.4. The van der Waals surface area contributed by atoms with Crippen molar-refractivity contribution in [1.29, 1.82) is 0 Å². The first-order chi connectivity index (χ1) is 31.8. The molecule has 0 spiro atoms. The van der Waals surface area contributed by atoms with Crippen LogP contribution in [0.5, 0.6) is 0 Å². The summed E-state index contributed by atoms with van der Waals surface area (Å²) in [5.74, 6) is -1.34. The van der Waals surface area contributed by atoms with Gasteiger partial charge in [0.1, 0.15) is 43.2 Å². The van der Waals surface area contributed by atoms with Gasteiger partial charge in [0.25, 0.3) is 0 Å². The fourth-order valence-electron chi connectivity index (χ4n) is 7.30. The number of rotatable bonds is 41. The average Bonchev–Trinajstić information content (AvgIpc) is 3.25. The zero-order valence-corrected chi connectivity index (χ0v) is 42.4. The largest absolute Gasteiger partial charge is 0.472 e. The molecule has 0 aliphatic heterocycles. The van der Waals surface area contributed by atoms with Crippen molar-refractivity contribution in [3.63, 3.8) is 0 Å². The number of carbonyl (C=O) groups is 2. The highest BCUT2D eigenvalue weighted by Gasteiger charge is 2.56. The lowest BCUT2D eigenvalue weighted by molar-refractivity contribution is -0.213. The first-order valence-electron chi connectivity index (χ1n) is 24.3. The van der Waals surface area contributed by atoms with Crippen LogP contribution in [0, 0.1) is 0 Å². The number of phosphoric ester groups is 3. The molecule has 392 valence electrons. The molecule has 1 saturated carbocycles. The van der Waals surface area contributed by atoms with Crippen molar-refractivity contribution in [3.8, 4) is 0 Å². The molecule has 5 unspecified atom stereocenters. The van der Waals surface area contributed by atoms with E-state index in [-0.39, 0.29) is 12.8 Å². The third-order valence-corrected chi connectivity index (χ3v) is 13.0. The van der Waals surface area contributed by atoms with Crippen molar-refractivity contribution in [2.24, 2.45) is 0 Å². The molecule has 67 heavy (non-hydrogen) atoms. The number of aliphatic hydroxyl groups is 3. The summed E-state index contributed by atoms with van der Waals surface area (Å²) >= 11 is 0. The highest BCUT2D eigenvalue weighted by Crippen LogP contribution is 2.51. The van der Waals surface area contributed by atoms with Crippen LogP contribution in [0.4, 0.5) is 0 Å². The minimum Gasteiger partial charge on any atom is -0.462 e. The Morgan fingerprint density at radius 3 is 1.36 bits per heavy atom. The molecule has 1 aliphatic carbocycles. The van der Waals surface area contributed by atoms with E-state index in [1.54, 1.807) is 0 Å². The number of carbonyl (C=O) groups excluding carboxylic acids is 2. The number of hydrogen-bond acceptors (Lipinski definition) is 14. The number of unbranched alkanes of at least 4 members (excludes halogenated alkanes) is 19. The standard InChI is InChI=1S/C45H83O19P3/c1-3-5-7-9-11-13-15-17-19-21-23-25-27-29-31-33-38(46)59-35-37(61-39(47)34-32-30-28-26-24-22-20-18-16-14-12-10-8-6-4-2)36-60-67(57,58)64-43-40(48)41(49)44(62-65(51,52)53)45(42(43)50)63-66(54,55)56/h12,14,18,20,24,26,37,40-45,48-50H,3-11,13,15-17,19,21-23,25,27-36H2,1-2H3,(H,57,58)(H2,51,52,53)(H2,54,55,56)/b14-12-,20-18-,26-24-/t37-,40?,41?,42?,43+,44?,45+/m1/s1. The van der Waals surface area contributed by atoms with Gasteiger partial charge in [0.05, 0.1) is 6.61 Å². The zero-order chi connectivity index (χ0) is 50.0. The van der Waals surface area contributed by atoms with E-state index in [1.165, 1.54) is 83.5 Å². The Labute approximate surface area is 398 Å². The van der Waals surface area contributed by atoms with E-state index in [4.69, 9.17) is 18.5 Å². The van der Waals surface area contributed by atoms with E-state index in [1.807, 2.05) is 12.2 Å². The second-order valence-electron chi connectivity index (χ2n) is 17.0. The highest BCUT2D eigenvalue weighted by molar-refractivity contribution is 7.47. The first-order valence-corrected chi connectivity index (χ1v) is 28.8. The van der Waals surface area contributed by atoms with E-state index >= 15 is 0 Å². The van der Waals surface area contributed by atoms with Crippen molar-refractivity contribution in [1.82, 2.24) is 0 Å². The maximum absolute atomic E-state index is 13.1. The number of esters is 2. The van der Waals surface area contributed by atoms with Crippen molar-refractivity contribution >= 4 is 35.4 Å². The number of hydrogen-bond donors (Lipinski definition) is 8. The average molecular weight is 1020 g/mol. The van der Waals surface area contributed by atoms with Gasteiger partial charge >= 0.3 is 35.4 Å². The summed E-state index contributed by atoms with van der Waals surface area (Å²) in [6, 6.07) is 0. The molecule has 0 heterocycles. The SMILES string of the molecule is CCCCC/C=C\C/C=C\C/C=C\CCCCC(=O)O[C@H](COC(=O)CCCCCCCCCCCCCCCCC)COP(=O)(O)O[C@H]1C(O)C(O)C(OP(=O)(O)O)[C@@H](OP(=O)(O)O)C1O. The van der Waals surface area contributed by atoms with Gasteiger partial charge in [-0.25, -0.2) is 13.7 Å². The Morgan fingerprint density at radius 1 is 0.478 bits per heavy atom. The fraction of sp³-hybridized carbons (Fsp3) is 0.822. The van der Waals surface area contributed by atoms with Gasteiger partial charge < -0.3 is 49.3 Å². The number of phosphoric acid groups is 3. The molecule has 22 heteroatoms. The lowest BCUT2D eigenvalue weighted by Gasteiger charge is -2.44. The first kappa shape index (κ1) is 63.4. The van der Waals surface area contributed by atoms with Crippen LogP contribution >= 0.6 is 23.5 Å². The second-order valence-corrected chi connectivity index (χ2v) is 20.8. The topological polar surface area (TPSA) is 303 Å². The molecule has 0 aromatic heterocycles. The van der Waals surface area contributed by atoms with Crippen molar-refractivity contribution in [2.45, 2.75) is 224 Å². The lowest BCUT2D eigenvalue weighted by Crippen LogP contribution is -2.65. The molecule has 19 nitrogen and oxygen atoms in total. The normalized spacial score (nSPS) is 21.9. The molecule has 0 radical (unpaired) electrons. The number of ether oxygens (including phenoxy) is 2. The Balaban J connectivity index is 2.75. The third-order valence-electron chi connectivity index (χ3n) is 10.9. The van der Waals surface area contributed by atoms with Crippen LogP contribution in [0.3, 0.4) is 0 Å². The summed E-state index contributed by atoms with van der Waals surface area (Å²) in [6.45, 7) is 2.89. The predicted octanol–water partition coefficient (Wildman–Crippen LogP) is 8.85. The van der Waals surface area contributed by atoms with Gasteiger partial charge in [-0.05, 0) is 51.4 Å². The van der Waals surface area contributed by atoms with Crippen LogP contribution in [0.15, 0.2) is 36.5 Å². The molecule has 1 fully saturated rings.